The smallest absolute Gasteiger partial charge is 0.133 e. The Morgan fingerprint density at radius 1 is 1.11 bits per heavy atom. The summed E-state index contributed by atoms with van der Waals surface area (Å²) in [5.41, 5.74) is 0.692. The van der Waals surface area contributed by atoms with E-state index in [1.165, 1.54) is 38.5 Å². The molecule has 0 unspecified atom stereocenters. The summed E-state index contributed by atoms with van der Waals surface area (Å²) >= 11 is 3.14. The van der Waals surface area contributed by atoms with E-state index in [4.69, 9.17) is 19.3 Å². The number of hydrogen-bond donors (Lipinski definition) is 1. The third-order valence-corrected chi connectivity index (χ3v) is 3.99. The van der Waals surface area contributed by atoms with Crippen molar-refractivity contribution in [2.24, 2.45) is 0 Å². The molecular weight excluding hydrogens is 422 g/mol. The van der Waals surface area contributed by atoms with Gasteiger partial charge in [0.25, 0.3) is 0 Å². The van der Waals surface area contributed by atoms with Gasteiger partial charge in [-0.1, -0.05) is 0 Å². The van der Waals surface area contributed by atoms with E-state index in [1.54, 1.807) is 19.1 Å². The number of aliphatic hydroxyl groups is 1. The second kappa shape index (κ2) is 11.9. The topological polar surface area (TPSA) is 51.2 Å². The molecule has 1 fully saturated rings. The summed E-state index contributed by atoms with van der Waals surface area (Å²) in [4.78, 5) is 0. The summed E-state index contributed by atoms with van der Waals surface area (Å²) in [6.45, 7) is 4.70. The van der Waals surface area contributed by atoms with E-state index in [0.29, 0.717) is 34.1 Å². The lowest BCUT2D eigenvalue weighted by Gasteiger charge is -2.09. The highest BCUT2D eigenvalue weighted by Gasteiger charge is 2.13. The maximum absolute atomic E-state index is 12.8. The van der Waals surface area contributed by atoms with Gasteiger partial charge in [-0.05, 0) is 71.7 Å². The van der Waals surface area contributed by atoms with Crippen molar-refractivity contribution in [3.05, 3.63) is 58.1 Å². The average molecular weight is 447 g/mol. The molecule has 3 rings (SSSR count). The Bertz CT molecular complexity index is 706. The van der Waals surface area contributed by atoms with Crippen LogP contribution in [0.25, 0.3) is 0 Å². The Morgan fingerprint density at radius 3 is 2.00 bits per heavy atom. The molecule has 1 N–H and O–H groups in total. The van der Waals surface area contributed by atoms with Crippen LogP contribution in [0, 0.1) is 11.6 Å². The van der Waals surface area contributed by atoms with Crippen LogP contribution in [-0.2, 0) is 11.2 Å². The fourth-order valence-electron chi connectivity index (χ4n) is 1.96. The Hall–Kier alpha value is -1.70. The van der Waals surface area contributed by atoms with Crippen LogP contribution in [0.3, 0.4) is 0 Å². The van der Waals surface area contributed by atoms with Gasteiger partial charge in [-0.3, -0.25) is 0 Å². The lowest BCUT2D eigenvalue weighted by atomic mass is 10.1. The Morgan fingerprint density at radius 2 is 1.59 bits per heavy atom. The Kier molecular flexibility index (Phi) is 10.3. The molecule has 0 radical (unpaired) electrons. The number of hydrogen-bond acceptors (Lipinski definition) is 4. The molecule has 150 valence electrons. The minimum atomic E-state index is -0.490. The van der Waals surface area contributed by atoms with Crippen molar-refractivity contribution in [3.63, 3.8) is 0 Å². The molecule has 0 aromatic heterocycles. The molecule has 7 heteroatoms. The first kappa shape index (κ1) is 23.3. The van der Waals surface area contributed by atoms with E-state index in [1.807, 2.05) is 0 Å². The zero-order chi connectivity index (χ0) is 20.4. The van der Waals surface area contributed by atoms with Crippen molar-refractivity contribution in [1.29, 1.82) is 0 Å². The first-order valence-corrected chi connectivity index (χ1v) is 9.17. The van der Waals surface area contributed by atoms with Crippen molar-refractivity contribution < 1.29 is 28.1 Å². The van der Waals surface area contributed by atoms with Crippen LogP contribution in [0.2, 0.25) is 0 Å². The first-order chi connectivity index (χ1) is 12.8. The normalized spacial score (nSPS) is 15.5. The van der Waals surface area contributed by atoms with Gasteiger partial charge in [0, 0.05) is 6.42 Å². The van der Waals surface area contributed by atoms with Crippen LogP contribution in [-0.4, -0.2) is 38.1 Å². The number of aliphatic hydroxyl groups excluding tert-OH is 1. The molecule has 0 bridgehead atoms. The monoisotopic (exact) mass is 446 g/mol. The van der Waals surface area contributed by atoms with Gasteiger partial charge in [0.2, 0.25) is 0 Å². The number of benzene rings is 2. The molecule has 2 aromatic carbocycles. The zero-order valence-corrected chi connectivity index (χ0v) is 17.4. The van der Waals surface area contributed by atoms with E-state index in [2.05, 4.69) is 22.9 Å². The van der Waals surface area contributed by atoms with Crippen LogP contribution in [0.15, 0.2) is 40.9 Å². The summed E-state index contributed by atoms with van der Waals surface area (Å²) in [5.74, 6) is 0.674. The Labute approximate surface area is 167 Å². The van der Waals surface area contributed by atoms with Gasteiger partial charge in [0.15, 0.2) is 0 Å². The van der Waals surface area contributed by atoms with Gasteiger partial charge in [0.1, 0.15) is 23.1 Å². The van der Waals surface area contributed by atoms with Crippen molar-refractivity contribution in [2.45, 2.75) is 32.5 Å². The molecule has 1 aliphatic rings. The third-order valence-electron chi connectivity index (χ3n) is 3.37. The highest BCUT2D eigenvalue weighted by atomic mass is 79.9. The first-order valence-electron chi connectivity index (χ1n) is 8.38. The van der Waals surface area contributed by atoms with Crippen LogP contribution < -0.4 is 9.47 Å². The minimum Gasteiger partial charge on any atom is -0.496 e. The van der Waals surface area contributed by atoms with Gasteiger partial charge in [-0.15, -0.1) is 0 Å². The van der Waals surface area contributed by atoms with E-state index in [9.17, 15) is 8.78 Å². The second-order valence-corrected chi connectivity index (χ2v) is 6.79. The fraction of sp³-hybridized carbons (Fsp3) is 0.400. The maximum atomic E-state index is 12.8. The molecular formula is C20H25BrF2O4. The third kappa shape index (κ3) is 9.70. The van der Waals surface area contributed by atoms with Gasteiger partial charge in [0.05, 0.1) is 37.5 Å². The SMILES string of the molecule is COc1ccc(F)cc1Br.COc1ccc(F)cc1C[C@@H](C)O.C[C@@H]1CO1. The van der Waals surface area contributed by atoms with E-state index >= 15 is 0 Å². The molecule has 1 saturated heterocycles. The van der Waals surface area contributed by atoms with Crippen LogP contribution in [0.1, 0.15) is 19.4 Å². The lowest BCUT2D eigenvalue weighted by molar-refractivity contribution is 0.194. The van der Waals surface area contributed by atoms with Crippen molar-refractivity contribution in [1.82, 2.24) is 0 Å². The quantitative estimate of drug-likeness (QED) is 0.687. The second-order valence-electron chi connectivity index (χ2n) is 5.93. The number of epoxide rings is 1. The number of ether oxygens (including phenoxy) is 3. The molecule has 1 heterocycles. The van der Waals surface area contributed by atoms with Crippen LogP contribution in [0.4, 0.5) is 8.78 Å². The van der Waals surface area contributed by atoms with Gasteiger partial charge >= 0.3 is 0 Å². The summed E-state index contributed by atoms with van der Waals surface area (Å²) < 4.78 is 40.4. The largest absolute Gasteiger partial charge is 0.496 e. The van der Waals surface area contributed by atoms with Gasteiger partial charge in [-0.2, -0.15) is 0 Å². The van der Waals surface area contributed by atoms with Crippen molar-refractivity contribution >= 4 is 15.9 Å². The molecule has 0 saturated carbocycles. The van der Waals surface area contributed by atoms with Gasteiger partial charge in [-0.25, -0.2) is 8.78 Å². The molecule has 0 amide bonds. The molecule has 2 atom stereocenters. The summed E-state index contributed by atoms with van der Waals surface area (Å²) in [6, 6.07) is 8.56. The lowest BCUT2D eigenvalue weighted by Crippen LogP contribution is -2.06. The minimum absolute atomic E-state index is 0.271. The van der Waals surface area contributed by atoms with E-state index < -0.39 is 6.10 Å². The van der Waals surface area contributed by atoms with Crippen LogP contribution >= 0.6 is 15.9 Å². The highest BCUT2D eigenvalue weighted by molar-refractivity contribution is 9.10. The molecule has 2 aromatic rings. The summed E-state index contributed by atoms with van der Waals surface area (Å²) in [5, 5.41) is 9.14. The van der Waals surface area contributed by atoms with E-state index in [0.717, 1.165) is 6.61 Å². The summed E-state index contributed by atoms with van der Waals surface area (Å²) in [7, 11) is 3.07. The predicted octanol–water partition coefficient (Wildman–Crippen LogP) is 4.76. The molecule has 0 spiro atoms. The van der Waals surface area contributed by atoms with Gasteiger partial charge < -0.3 is 19.3 Å². The average Bonchev–Trinajstić information content (AvgIpc) is 3.38. The van der Waals surface area contributed by atoms with Crippen LogP contribution in [0.5, 0.6) is 11.5 Å². The molecule has 0 aliphatic carbocycles. The fourth-order valence-corrected chi connectivity index (χ4v) is 2.47. The summed E-state index contributed by atoms with van der Waals surface area (Å²) in [6.07, 6.45) is 0.497. The number of methoxy groups -OCH3 is 2. The van der Waals surface area contributed by atoms with E-state index in [-0.39, 0.29) is 11.6 Å². The van der Waals surface area contributed by atoms with Crippen molar-refractivity contribution in [3.8, 4) is 11.5 Å². The standard InChI is InChI=1S/C10H13FO2.C7H6BrFO.C3H6O/c1-7(12)5-8-6-9(11)3-4-10(8)13-2;1-10-7-3-2-5(9)4-6(7)8;1-3-2-4-3/h3-4,6-7,12H,5H2,1-2H3;2-4H,1H3;3H,2H2,1H3/t7-;;3-/m1.1/s1. The maximum Gasteiger partial charge on any atom is 0.133 e. The number of rotatable bonds is 4. The number of halogens is 3. The predicted molar refractivity (Wildman–Crippen MR) is 104 cm³/mol. The zero-order valence-electron chi connectivity index (χ0n) is 15.8. The Balaban J connectivity index is 0.000000228. The van der Waals surface area contributed by atoms with Crippen molar-refractivity contribution in [2.75, 3.05) is 20.8 Å². The molecule has 1 aliphatic heterocycles. The molecule has 27 heavy (non-hydrogen) atoms. The highest BCUT2D eigenvalue weighted by Crippen LogP contribution is 2.24. The molecule has 4 nitrogen and oxygen atoms in total.